The van der Waals surface area contributed by atoms with Crippen LogP contribution in [0.1, 0.15) is 15.9 Å². The van der Waals surface area contributed by atoms with Gasteiger partial charge < -0.3 is 15.2 Å². The summed E-state index contributed by atoms with van der Waals surface area (Å²) in [6.07, 6.45) is 0. The Balaban J connectivity index is 2.31. The summed E-state index contributed by atoms with van der Waals surface area (Å²) >= 11 is 0. The van der Waals surface area contributed by atoms with Crippen LogP contribution in [0.25, 0.3) is 0 Å². The monoisotopic (exact) mass is 404 g/mol. The maximum atomic E-state index is 12.9. The average molecular weight is 404 g/mol. The molecular formula is C19H24N4O6. The Morgan fingerprint density at radius 2 is 1.83 bits per heavy atom. The summed E-state index contributed by atoms with van der Waals surface area (Å²) in [5, 5.41) is 0. The number of ether oxygens (including phenoxy) is 2. The van der Waals surface area contributed by atoms with Crippen LogP contribution in [0.5, 0.6) is 0 Å². The van der Waals surface area contributed by atoms with Gasteiger partial charge in [-0.1, -0.05) is 30.3 Å². The molecule has 0 spiro atoms. The van der Waals surface area contributed by atoms with Crippen LogP contribution >= 0.6 is 0 Å². The van der Waals surface area contributed by atoms with Crippen molar-refractivity contribution in [2.75, 3.05) is 39.6 Å². The highest BCUT2D eigenvalue weighted by atomic mass is 16.5. The minimum atomic E-state index is -0.871. The van der Waals surface area contributed by atoms with Gasteiger partial charge in [-0.15, -0.1) is 0 Å². The zero-order valence-corrected chi connectivity index (χ0v) is 16.3. The summed E-state index contributed by atoms with van der Waals surface area (Å²) < 4.78 is 10.7. The number of nitrogens with one attached hydrogen (secondary N) is 1. The molecule has 10 nitrogen and oxygen atoms in total. The number of nitrogens with two attached hydrogens (primary N) is 1. The Morgan fingerprint density at radius 1 is 1.14 bits per heavy atom. The number of aromatic amines is 1. The molecule has 0 unspecified atom stereocenters. The molecule has 2 rings (SSSR count). The lowest BCUT2D eigenvalue weighted by molar-refractivity contribution is -0.141. The maximum absolute atomic E-state index is 12.9. The summed E-state index contributed by atoms with van der Waals surface area (Å²) in [7, 11) is 2.70. The van der Waals surface area contributed by atoms with Gasteiger partial charge in [0.1, 0.15) is 11.4 Å². The van der Waals surface area contributed by atoms with E-state index in [9.17, 15) is 19.2 Å². The van der Waals surface area contributed by atoms with E-state index in [1.807, 2.05) is 30.3 Å². The number of methoxy groups -OCH3 is 2. The van der Waals surface area contributed by atoms with Crippen molar-refractivity contribution < 1.29 is 19.1 Å². The molecule has 2 aromatic rings. The van der Waals surface area contributed by atoms with Gasteiger partial charge in [-0.3, -0.25) is 28.8 Å². The van der Waals surface area contributed by atoms with Crippen LogP contribution in [0.4, 0.5) is 5.82 Å². The largest absolute Gasteiger partial charge is 0.468 e. The minimum absolute atomic E-state index is 0.0775. The first-order chi connectivity index (χ1) is 13.9. The topological polar surface area (TPSA) is 137 Å². The van der Waals surface area contributed by atoms with Gasteiger partial charge in [-0.25, -0.2) is 4.79 Å². The molecule has 1 aromatic heterocycles. The lowest BCUT2D eigenvalue weighted by Crippen LogP contribution is -2.40. The summed E-state index contributed by atoms with van der Waals surface area (Å²) in [5.74, 6) is -1.38. The van der Waals surface area contributed by atoms with Gasteiger partial charge in [0.05, 0.1) is 33.4 Å². The van der Waals surface area contributed by atoms with E-state index in [-0.39, 0.29) is 44.2 Å². The molecular weight excluding hydrogens is 380 g/mol. The van der Waals surface area contributed by atoms with Crippen LogP contribution in [-0.4, -0.2) is 60.1 Å². The number of nitrogens with zero attached hydrogens (tertiary/aromatic N) is 2. The lowest BCUT2D eigenvalue weighted by Gasteiger charge is -2.21. The second-order valence-corrected chi connectivity index (χ2v) is 6.29. The highest BCUT2D eigenvalue weighted by molar-refractivity contribution is 6.01. The second kappa shape index (κ2) is 10.3. The third-order valence-corrected chi connectivity index (χ3v) is 4.23. The first-order valence-corrected chi connectivity index (χ1v) is 8.85. The molecule has 1 heterocycles. The highest BCUT2D eigenvalue weighted by Crippen LogP contribution is 2.09. The molecule has 0 aliphatic rings. The van der Waals surface area contributed by atoms with Crippen LogP contribution in [0.2, 0.25) is 0 Å². The third kappa shape index (κ3) is 5.87. The summed E-state index contributed by atoms with van der Waals surface area (Å²) in [4.78, 5) is 52.5. The first kappa shape index (κ1) is 22.1. The zero-order chi connectivity index (χ0) is 21.4. The van der Waals surface area contributed by atoms with Crippen molar-refractivity contribution in [1.29, 1.82) is 0 Å². The van der Waals surface area contributed by atoms with E-state index >= 15 is 0 Å². The molecule has 3 N–H and O–H groups in total. The molecule has 0 bridgehead atoms. The number of aromatic nitrogens is 2. The molecule has 0 fully saturated rings. The van der Waals surface area contributed by atoms with Crippen molar-refractivity contribution in [3.63, 3.8) is 0 Å². The van der Waals surface area contributed by atoms with Gasteiger partial charge in [0.2, 0.25) is 0 Å². The number of nitrogen functional groups attached to an aromatic ring is 1. The van der Waals surface area contributed by atoms with Crippen LogP contribution in [-0.2, 0) is 27.4 Å². The van der Waals surface area contributed by atoms with Crippen molar-refractivity contribution in [2.45, 2.75) is 13.1 Å². The van der Waals surface area contributed by atoms with E-state index in [0.29, 0.717) is 0 Å². The molecule has 0 atom stereocenters. The smallest absolute Gasteiger partial charge is 0.330 e. The van der Waals surface area contributed by atoms with E-state index in [1.54, 1.807) is 0 Å². The van der Waals surface area contributed by atoms with E-state index in [2.05, 4.69) is 9.72 Å². The van der Waals surface area contributed by atoms with Crippen molar-refractivity contribution in [3.8, 4) is 0 Å². The molecule has 10 heteroatoms. The molecule has 0 saturated carbocycles. The van der Waals surface area contributed by atoms with Crippen LogP contribution < -0.4 is 17.0 Å². The van der Waals surface area contributed by atoms with E-state index in [4.69, 9.17) is 10.5 Å². The number of hydrogen-bond acceptors (Lipinski definition) is 8. The van der Waals surface area contributed by atoms with Gasteiger partial charge in [-0.05, 0) is 5.56 Å². The fraction of sp³-hybridized carbons (Fsp3) is 0.368. The zero-order valence-electron chi connectivity index (χ0n) is 16.3. The Kier molecular flexibility index (Phi) is 7.87. The van der Waals surface area contributed by atoms with Gasteiger partial charge >= 0.3 is 11.7 Å². The molecule has 0 radical (unpaired) electrons. The van der Waals surface area contributed by atoms with Gasteiger partial charge in [0.15, 0.2) is 5.78 Å². The fourth-order valence-electron chi connectivity index (χ4n) is 2.80. The third-order valence-electron chi connectivity index (χ3n) is 4.23. The van der Waals surface area contributed by atoms with Crippen molar-refractivity contribution in [2.24, 2.45) is 0 Å². The second-order valence-electron chi connectivity index (χ2n) is 6.29. The SMILES string of the molecule is COCCn1c(N)c(C(=O)CN(CC(=O)OC)Cc2ccccc2)c(=O)[nH]c1=O. The number of H-pyrrole nitrogens is 1. The number of ketones is 1. The Bertz CT molecular complexity index is 967. The predicted octanol–water partition coefficient (Wildman–Crippen LogP) is -0.377. The first-order valence-electron chi connectivity index (χ1n) is 8.85. The lowest BCUT2D eigenvalue weighted by atomic mass is 10.1. The number of carbonyl (C=O) groups excluding carboxylic acids is 2. The van der Waals surface area contributed by atoms with Crippen molar-refractivity contribution in [1.82, 2.24) is 14.5 Å². The number of Topliss-reactive ketones (excluding diaryl/α,β-unsaturated/α-hetero) is 1. The van der Waals surface area contributed by atoms with E-state index in [1.165, 1.54) is 19.1 Å². The number of anilines is 1. The number of benzene rings is 1. The van der Waals surface area contributed by atoms with E-state index < -0.39 is 23.0 Å². The number of hydrogen-bond donors (Lipinski definition) is 2. The molecule has 0 aliphatic heterocycles. The minimum Gasteiger partial charge on any atom is -0.468 e. The fourth-order valence-corrected chi connectivity index (χ4v) is 2.80. The molecule has 0 saturated heterocycles. The van der Waals surface area contributed by atoms with Crippen LogP contribution in [0, 0.1) is 0 Å². The molecule has 29 heavy (non-hydrogen) atoms. The maximum Gasteiger partial charge on any atom is 0.330 e. The van der Waals surface area contributed by atoms with Crippen molar-refractivity contribution >= 4 is 17.6 Å². The van der Waals surface area contributed by atoms with Gasteiger partial charge in [0.25, 0.3) is 5.56 Å². The van der Waals surface area contributed by atoms with Gasteiger partial charge in [-0.2, -0.15) is 0 Å². The molecule has 1 aromatic carbocycles. The normalized spacial score (nSPS) is 10.9. The Morgan fingerprint density at radius 3 is 2.45 bits per heavy atom. The van der Waals surface area contributed by atoms with E-state index in [0.717, 1.165) is 10.1 Å². The van der Waals surface area contributed by atoms with Crippen LogP contribution in [0.15, 0.2) is 39.9 Å². The highest BCUT2D eigenvalue weighted by Gasteiger charge is 2.23. The standard InChI is InChI=1S/C19H24N4O6/c1-28-9-8-23-17(20)16(18(26)21-19(23)27)14(24)11-22(12-15(25)29-2)10-13-6-4-3-5-7-13/h3-7H,8-12,20H2,1-2H3,(H,21,26,27). The molecule has 0 aliphatic carbocycles. The molecule has 0 amide bonds. The number of esters is 1. The van der Waals surface area contributed by atoms with Crippen LogP contribution in [0.3, 0.4) is 0 Å². The summed E-state index contributed by atoms with van der Waals surface area (Å²) in [5.41, 5.74) is 4.88. The summed E-state index contributed by atoms with van der Waals surface area (Å²) in [6, 6.07) is 9.22. The predicted molar refractivity (Wildman–Crippen MR) is 106 cm³/mol. The average Bonchev–Trinajstić information content (AvgIpc) is 2.68. The Labute approximate surface area is 166 Å². The Hall–Kier alpha value is -3.24. The van der Waals surface area contributed by atoms with Crippen molar-refractivity contribution in [3.05, 3.63) is 62.3 Å². The summed E-state index contributed by atoms with van der Waals surface area (Å²) in [6.45, 7) is 0.112. The number of carbonyl (C=O) groups is 2. The quantitative estimate of drug-likeness (QED) is 0.404. The van der Waals surface area contributed by atoms with Gasteiger partial charge in [0, 0.05) is 13.7 Å². The molecule has 156 valence electrons. The number of rotatable bonds is 10.